The second kappa shape index (κ2) is 13.4. The fourth-order valence-electron chi connectivity index (χ4n) is 3.97. The van der Waals surface area contributed by atoms with Crippen molar-refractivity contribution < 1.29 is 28.3 Å². The number of carbonyl (C=O) groups excluding carboxylic acids is 4. The minimum atomic E-state index is -1.21. The molecule has 1 heterocycles. The average molecular weight is 513 g/mol. The minimum absolute atomic E-state index is 0.113. The van der Waals surface area contributed by atoms with Gasteiger partial charge in [-0.05, 0) is 48.6 Å². The average Bonchev–Trinajstić information content (AvgIpc) is 2.85. The van der Waals surface area contributed by atoms with Crippen LogP contribution in [-0.2, 0) is 20.8 Å². The zero-order valence-electron chi connectivity index (χ0n) is 21.0. The van der Waals surface area contributed by atoms with Crippen LogP contribution in [0, 0.1) is 11.7 Å². The molecule has 2 aromatic carbocycles. The van der Waals surface area contributed by atoms with E-state index in [0.717, 1.165) is 0 Å². The fraction of sp³-hybridized carbons (Fsp3) is 0.407. The Balaban J connectivity index is 1.79. The van der Waals surface area contributed by atoms with E-state index in [0.29, 0.717) is 24.2 Å². The Hall–Kier alpha value is -3.95. The standard InChI is InChI=1S/C27H33FN4O5/c1-17(2)14-21-26(35)30-12-13-37-23-9-4-3-8-20(23)25(34)32-22(16-24(33)31-21)27(36)29-11-10-18-6-5-7-19(28)15-18/h3-9,15,17,21-22H,10-14,16H2,1-2H3,(H,29,36)(H,30,35)(H,31,33)(H,32,34)/t21-,22+/m1/s1. The molecule has 2 aromatic rings. The molecule has 2 atom stereocenters. The van der Waals surface area contributed by atoms with Gasteiger partial charge in [0.05, 0.1) is 18.5 Å². The van der Waals surface area contributed by atoms with Crippen molar-refractivity contribution >= 4 is 23.6 Å². The maximum absolute atomic E-state index is 13.4. The molecule has 4 amide bonds. The number of halogens is 1. The molecular weight excluding hydrogens is 479 g/mol. The fourth-order valence-corrected chi connectivity index (χ4v) is 3.97. The van der Waals surface area contributed by atoms with Gasteiger partial charge >= 0.3 is 0 Å². The third kappa shape index (κ3) is 8.59. The molecule has 10 heteroatoms. The van der Waals surface area contributed by atoms with E-state index in [1.165, 1.54) is 12.1 Å². The third-order valence-electron chi connectivity index (χ3n) is 5.76. The zero-order valence-corrected chi connectivity index (χ0v) is 21.0. The van der Waals surface area contributed by atoms with Crippen LogP contribution >= 0.6 is 0 Å². The number of rotatable bonds is 6. The van der Waals surface area contributed by atoms with Gasteiger partial charge < -0.3 is 26.0 Å². The van der Waals surface area contributed by atoms with E-state index in [4.69, 9.17) is 4.74 Å². The van der Waals surface area contributed by atoms with Crippen molar-refractivity contribution in [1.82, 2.24) is 21.3 Å². The maximum Gasteiger partial charge on any atom is 0.255 e. The smallest absolute Gasteiger partial charge is 0.255 e. The van der Waals surface area contributed by atoms with Crippen molar-refractivity contribution in [2.24, 2.45) is 5.92 Å². The predicted octanol–water partition coefficient (Wildman–Crippen LogP) is 1.71. The Morgan fingerprint density at radius 3 is 2.65 bits per heavy atom. The Kier molecular flexibility index (Phi) is 10.00. The molecule has 3 rings (SSSR count). The summed E-state index contributed by atoms with van der Waals surface area (Å²) >= 11 is 0. The molecule has 0 fully saturated rings. The van der Waals surface area contributed by atoms with Crippen LogP contribution in [0.4, 0.5) is 4.39 Å². The molecule has 0 aromatic heterocycles. The molecule has 198 valence electrons. The normalized spacial score (nSPS) is 19.0. The van der Waals surface area contributed by atoms with Crippen molar-refractivity contribution in [3.05, 3.63) is 65.5 Å². The van der Waals surface area contributed by atoms with Gasteiger partial charge in [-0.3, -0.25) is 19.2 Å². The van der Waals surface area contributed by atoms with Gasteiger partial charge in [-0.15, -0.1) is 0 Å². The summed E-state index contributed by atoms with van der Waals surface area (Å²) < 4.78 is 19.2. The first-order valence-corrected chi connectivity index (χ1v) is 12.3. The highest BCUT2D eigenvalue weighted by Gasteiger charge is 2.28. The molecule has 0 saturated carbocycles. The monoisotopic (exact) mass is 512 g/mol. The SMILES string of the molecule is CC(C)C[C@H]1NC(=O)C[C@@H](C(=O)NCCc2cccc(F)c2)NC(=O)c2ccccc2OCCNC1=O. The van der Waals surface area contributed by atoms with Crippen LogP contribution in [0.3, 0.4) is 0 Å². The quantitative estimate of drug-likeness (QED) is 0.469. The van der Waals surface area contributed by atoms with Crippen LogP contribution in [0.15, 0.2) is 48.5 Å². The molecule has 0 unspecified atom stereocenters. The number of carbonyl (C=O) groups is 4. The van der Waals surface area contributed by atoms with E-state index in [-0.39, 0.29) is 49.3 Å². The molecule has 4 N–H and O–H groups in total. The summed E-state index contributed by atoms with van der Waals surface area (Å²) in [5.41, 5.74) is 0.892. The first-order chi connectivity index (χ1) is 17.7. The first kappa shape index (κ1) is 27.6. The van der Waals surface area contributed by atoms with Gasteiger partial charge in [0.25, 0.3) is 5.91 Å². The molecule has 0 aliphatic carbocycles. The van der Waals surface area contributed by atoms with Crippen LogP contribution < -0.4 is 26.0 Å². The highest BCUT2D eigenvalue weighted by Crippen LogP contribution is 2.18. The van der Waals surface area contributed by atoms with Crippen LogP contribution in [-0.4, -0.2) is 55.4 Å². The Labute approximate surface area is 215 Å². The second-order valence-corrected chi connectivity index (χ2v) is 9.29. The van der Waals surface area contributed by atoms with Gasteiger partial charge in [0.2, 0.25) is 17.7 Å². The van der Waals surface area contributed by atoms with Gasteiger partial charge in [-0.25, -0.2) is 4.39 Å². The van der Waals surface area contributed by atoms with Crippen LogP contribution in [0.1, 0.15) is 42.6 Å². The Morgan fingerprint density at radius 1 is 1.11 bits per heavy atom. The summed E-state index contributed by atoms with van der Waals surface area (Å²) in [7, 11) is 0. The van der Waals surface area contributed by atoms with Crippen molar-refractivity contribution in [1.29, 1.82) is 0 Å². The van der Waals surface area contributed by atoms with E-state index in [2.05, 4.69) is 21.3 Å². The Bertz CT molecular complexity index is 1120. The summed E-state index contributed by atoms with van der Waals surface area (Å²) in [6.07, 6.45) is 0.393. The molecule has 1 aliphatic heterocycles. The number of ether oxygens (including phenoxy) is 1. The van der Waals surface area contributed by atoms with Crippen LogP contribution in [0.2, 0.25) is 0 Å². The van der Waals surface area contributed by atoms with Crippen molar-refractivity contribution in [3.63, 3.8) is 0 Å². The summed E-state index contributed by atoms with van der Waals surface area (Å²) in [5.74, 6) is -2.01. The summed E-state index contributed by atoms with van der Waals surface area (Å²) in [6, 6.07) is 10.5. The first-order valence-electron chi connectivity index (χ1n) is 12.3. The predicted molar refractivity (Wildman–Crippen MR) is 135 cm³/mol. The highest BCUT2D eigenvalue weighted by atomic mass is 19.1. The second-order valence-electron chi connectivity index (χ2n) is 9.29. The summed E-state index contributed by atoms with van der Waals surface area (Å²) in [4.78, 5) is 51.7. The lowest BCUT2D eigenvalue weighted by molar-refractivity contribution is -0.131. The number of para-hydroxylation sites is 1. The number of hydrogen-bond acceptors (Lipinski definition) is 5. The van der Waals surface area contributed by atoms with Gasteiger partial charge in [0.15, 0.2) is 0 Å². The van der Waals surface area contributed by atoms with Crippen LogP contribution in [0.5, 0.6) is 5.75 Å². The minimum Gasteiger partial charge on any atom is -0.491 e. The topological polar surface area (TPSA) is 126 Å². The van der Waals surface area contributed by atoms with Crippen molar-refractivity contribution in [2.75, 3.05) is 19.7 Å². The summed E-state index contributed by atoms with van der Waals surface area (Å²) in [6.45, 7) is 4.34. The van der Waals surface area contributed by atoms with Crippen molar-refractivity contribution in [2.45, 2.75) is 45.2 Å². The van der Waals surface area contributed by atoms with Gasteiger partial charge in [0, 0.05) is 6.54 Å². The number of benzene rings is 2. The van der Waals surface area contributed by atoms with Gasteiger partial charge in [-0.2, -0.15) is 0 Å². The van der Waals surface area contributed by atoms with Gasteiger partial charge in [0.1, 0.15) is 30.3 Å². The Morgan fingerprint density at radius 2 is 1.89 bits per heavy atom. The zero-order chi connectivity index (χ0) is 26.8. The summed E-state index contributed by atoms with van der Waals surface area (Å²) in [5, 5.41) is 10.8. The molecule has 9 nitrogen and oxygen atoms in total. The van der Waals surface area contributed by atoms with E-state index in [9.17, 15) is 23.6 Å². The van der Waals surface area contributed by atoms with E-state index in [1.807, 2.05) is 13.8 Å². The van der Waals surface area contributed by atoms with E-state index in [1.54, 1.807) is 36.4 Å². The molecule has 1 aliphatic rings. The van der Waals surface area contributed by atoms with Crippen LogP contribution in [0.25, 0.3) is 0 Å². The largest absolute Gasteiger partial charge is 0.491 e. The van der Waals surface area contributed by atoms with E-state index < -0.39 is 29.8 Å². The number of fused-ring (bicyclic) bond motifs is 1. The molecule has 0 radical (unpaired) electrons. The molecular formula is C27H33FN4O5. The lowest BCUT2D eigenvalue weighted by Gasteiger charge is -2.24. The molecule has 0 saturated heterocycles. The molecule has 0 spiro atoms. The maximum atomic E-state index is 13.4. The number of nitrogens with one attached hydrogen (secondary N) is 4. The van der Waals surface area contributed by atoms with E-state index >= 15 is 0 Å². The van der Waals surface area contributed by atoms with Crippen molar-refractivity contribution in [3.8, 4) is 5.75 Å². The highest BCUT2D eigenvalue weighted by molar-refractivity contribution is 6.01. The number of hydrogen-bond donors (Lipinski definition) is 4. The van der Waals surface area contributed by atoms with Gasteiger partial charge in [-0.1, -0.05) is 38.1 Å². The lowest BCUT2D eigenvalue weighted by Crippen LogP contribution is -2.53. The molecule has 37 heavy (non-hydrogen) atoms. The lowest BCUT2D eigenvalue weighted by atomic mass is 10.0. The molecule has 0 bridgehead atoms. The number of amides is 4. The third-order valence-corrected chi connectivity index (χ3v) is 5.76.